The standard InChI is InChI=1S/C79H126O16P2/c1-4-7-10-13-16-19-22-25-28-31-33-34-35-36-37-38-40-43-44-47-50-53-56-59-62-65-77(82)89-68-74(80)69-91-96(85,86)92-70-75(81)71-93-97(87,88)94-73-76(95-79(84)67-64-61-58-55-52-49-46-41-30-27-24-21-18-15-12-9-6-3)72-90-78(83)66-63-60-57-54-51-48-45-42-39-32-29-26-23-20-17-14-11-8-5-2/h7-12,16-21,25-30,33-34,36-37,39,42,46,48-49,51,55,58,74-76,80-81H,4-6,13-15,22-24,31-32,35,38,40-41,43-45,47,50,52-54,56-57,59-73H2,1-3H3,(H,85,86)(H,87,88)/b10-7-,11-8-,12-9-,19-16-,20-17-,21-18-,28-25-,29-26-,30-27-,34-33-,37-36-,42-39-,49-46-,51-48-,58-55-. The maximum atomic E-state index is 12.9. The summed E-state index contributed by atoms with van der Waals surface area (Å²) in [6.07, 6.45) is 89.5. The van der Waals surface area contributed by atoms with Gasteiger partial charge in [-0.3, -0.25) is 32.5 Å². The number of esters is 3. The van der Waals surface area contributed by atoms with E-state index in [9.17, 15) is 43.5 Å². The summed E-state index contributed by atoms with van der Waals surface area (Å²) in [5, 5.41) is 20.6. The third-order valence-corrected chi connectivity index (χ3v) is 16.0. The van der Waals surface area contributed by atoms with Crippen molar-refractivity contribution in [3.8, 4) is 0 Å². The average molecular weight is 1390 g/mol. The van der Waals surface area contributed by atoms with Crippen LogP contribution in [-0.4, -0.2) is 95.9 Å². The second kappa shape index (κ2) is 70.5. The van der Waals surface area contributed by atoms with Gasteiger partial charge in [0, 0.05) is 19.3 Å². The Kier molecular flexibility index (Phi) is 66.6. The summed E-state index contributed by atoms with van der Waals surface area (Å²) in [5.74, 6) is -1.70. The number of allylic oxidation sites excluding steroid dienone is 30. The van der Waals surface area contributed by atoms with Gasteiger partial charge in [0.05, 0.1) is 26.4 Å². The van der Waals surface area contributed by atoms with E-state index in [1.807, 2.05) is 12.2 Å². The number of carbonyl (C=O) groups excluding carboxylic acids is 3. The zero-order chi connectivity index (χ0) is 70.9. The van der Waals surface area contributed by atoms with E-state index < -0.39 is 91.5 Å². The fraction of sp³-hybridized carbons (Fsp3) is 0.582. The van der Waals surface area contributed by atoms with Crippen molar-refractivity contribution in [2.75, 3.05) is 39.6 Å². The van der Waals surface area contributed by atoms with Crippen molar-refractivity contribution in [3.63, 3.8) is 0 Å². The van der Waals surface area contributed by atoms with E-state index in [1.165, 1.54) is 25.7 Å². The van der Waals surface area contributed by atoms with Gasteiger partial charge in [-0.25, -0.2) is 9.13 Å². The van der Waals surface area contributed by atoms with Gasteiger partial charge in [-0.05, 0) is 148 Å². The highest BCUT2D eigenvalue weighted by atomic mass is 31.2. The lowest BCUT2D eigenvalue weighted by Crippen LogP contribution is -2.30. The average Bonchev–Trinajstić information content (AvgIpc) is 2.50. The first-order valence-electron chi connectivity index (χ1n) is 36.1. The normalized spacial score (nSPS) is 15.2. The number of hydrogen-bond donors (Lipinski definition) is 4. The highest BCUT2D eigenvalue weighted by Gasteiger charge is 2.29. The van der Waals surface area contributed by atoms with Crippen LogP contribution in [0, 0.1) is 0 Å². The molecule has 16 nitrogen and oxygen atoms in total. The minimum absolute atomic E-state index is 0.0109. The molecule has 18 heteroatoms. The van der Waals surface area contributed by atoms with Gasteiger partial charge in [0.25, 0.3) is 0 Å². The molecule has 0 saturated heterocycles. The Hall–Kier alpha value is -5.35. The Bertz CT molecular complexity index is 2490. The van der Waals surface area contributed by atoms with Crippen LogP contribution >= 0.6 is 15.6 Å². The maximum absolute atomic E-state index is 12.9. The number of phosphoric ester groups is 2. The van der Waals surface area contributed by atoms with Crippen LogP contribution in [-0.2, 0) is 55.8 Å². The molecule has 0 aromatic carbocycles. The van der Waals surface area contributed by atoms with E-state index in [-0.39, 0.29) is 19.3 Å². The van der Waals surface area contributed by atoms with Crippen LogP contribution in [0.1, 0.15) is 239 Å². The molecule has 0 fully saturated rings. The van der Waals surface area contributed by atoms with E-state index in [0.29, 0.717) is 25.7 Å². The third-order valence-electron chi connectivity index (χ3n) is 14.1. The van der Waals surface area contributed by atoms with Gasteiger partial charge < -0.3 is 34.2 Å². The number of hydrogen-bond acceptors (Lipinski definition) is 14. The Labute approximate surface area is 585 Å². The van der Waals surface area contributed by atoms with Crippen LogP contribution < -0.4 is 0 Å². The van der Waals surface area contributed by atoms with Crippen LogP contribution in [0.4, 0.5) is 0 Å². The smallest absolute Gasteiger partial charge is 0.463 e. The molecule has 5 unspecified atom stereocenters. The van der Waals surface area contributed by atoms with E-state index in [1.54, 1.807) is 0 Å². The number of aliphatic hydroxyl groups is 2. The molecule has 0 aliphatic heterocycles. The molecule has 0 aromatic heterocycles. The minimum Gasteiger partial charge on any atom is -0.463 e. The SMILES string of the molecule is CC/C=C\C/C=C\C/C=C\C/C=C\C/C=C\CCCCCCCCCCCC(=O)OCC(O)COP(=O)(O)OCC(O)COP(=O)(O)OCC(COC(=O)CCCCC/C=C\C/C=C\C/C=C\C/C=C\C/C=C\CC)OC(=O)CCC/C=C\C/C=C\C/C=C\C/C=C\C/C=C\CC. The molecule has 548 valence electrons. The van der Waals surface area contributed by atoms with Gasteiger partial charge in [-0.15, -0.1) is 0 Å². The van der Waals surface area contributed by atoms with Crippen molar-refractivity contribution in [1.82, 2.24) is 0 Å². The monoisotopic (exact) mass is 1390 g/mol. The Morgan fingerprint density at radius 3 is 0.856 bits per heavy atom. The van der Waals surface area contributed by atoms with Crippen LogP contribution in [0.2, 0.25) is 0 Å². The van der Waals surface area contributed by atoms with Crippen LogP contribution in [0.5, 0.6) is 0 Å². The topological polar surface area (TPSA) is 231 Å². The Morgan fingerprint density at radius 2 is 0.526 bits per heavy atom. The molecular formula is C79H126O16P2. The Morgan fingerprint density at radius 1 is 0.289 bits per heavy atom. The summed E-state index contributed by atoms with van der Waals surface area (Å²) in [7, 11) is -9.83. The lowest BCUT2D eigenvalue weighted by atomic mass is 10.1. The minimum atomic E-state index is -4.96. The van der Waals surface area contributed by atoms with Gasteiger partial charge in [0.1, 0.15) is 25.4 Å². The molecule has 0 saturated carbocycles. The van der Waals surface area contributed by atoms with Crippen LogP contribution in [0.25, 0.3) is 0 Å². The number of aliphatic hydroxyl groups excluding tert-OH is 2. The molecule has 4 N–H and O–H groups in total. The van der Waals surface area contributed by atoms with Crippen molar-refractivity contribution in [2.24, 2.45) is 0 Å². The quantitative estimate of drug-likeness (QED) is 0.0146. The zero-order valence-corrected chi connectivity index (χ0v) is 61.2. The Balaban J connectivity index is 4.72. The second-order valence-electron chi connectivity index (χ2n) is 23.2. The summed E-state index contributed by atoms with van der Waals surface area (Å²) in [6.45, 7) is 2.18. The van der Waals surface area contributed by atoms with Gasteiger partial charge in [-0.2, -0.15) is 0 Å². The number of ether oxygens (including phenoxy) is 3. The maximum Gasteiger partial charge on any atom is 0.472 e. The lowest BCUT2D eigenvalue weighted by Gasteiger charge is -2.21. The fourth-order valence-corrected chi connectivity index (χ4v) is 10.3. The first kappa shape index (κ1) is 91.6. The summed E-state index contributed by atoms with van der Waals surface area (Å²) in [6, 6.07) is 0. The van der Waals surface area contributed by atoms with Gasteiger partial charge in [-0.1, -0.05) is 254 Å². The van der Waals surface area contributed by atoms with E-state index in [0.717, 1.165) is 148 Å². The van der Waals surface area contributed by atoms with Crippen molar-refractivity contribution < 1.29 is 75.8 Å². The number of unbranched alkanes of at least 4 members (excludes halogenated alkanes) is 13. The molecule has 0 radical (unpaired) electrons. The first-order valence-corrected chi connectivity index (χ1v) is 39.1. The molecule has 5 atom stereocenters. The van der Waals surface area contributed by atoms with Gasteiger partial charge in [0.15, 0.2) is 6.10 Å². The van der Waals surface area contributed by atoms with Crippen molar-refractivity contribution >= 4 is 33.6 Å². The predicted molar refractivity (Wildman–Crippen MR) is 398 cm³/mol. The highest BCUT2D eigenvalue weighted by molar-refractivity contribution is 7.47. The number of carbonyl (C=O) groups is 3. The molecular weight excluding hydrogens is 1270 g/mol. The van der Waals surface area contributed by atoms with Gasteiger partial charge in [0.2, 0.25) is 0 Å². The van der Waals surface area contributed by atoms with E-state index in [2.05, 4.69) is 191 Å². The molecule has 0 aromatic rings. The van der Waals surface area contributed by atoms with Crippen molar-refractivity contribution in [2.45, 2.75) is 257 Å². The lowest BCUT2D eigenvalue weighted by molar-refractivity contribution is -0.161. The third kappa shape index (κ3) is 71.7. The summed E-state index contributed by atoms with van der Waals surface area (Å²) in [5.41, 5.74) is 0. The van der Waals surface area contributed by atoms with Gasteiger partial charge >= 0.3 is 33.6 Å². The molecule has 0 amide bonds. The molecule has 0 aliphatic carbocycles. The molecule has 97 heavy (non-hydrogen) atoms. The van der Waals surface area contributed by atoms with Crippen LogP contribution in [0.15, 0.2) is 182 Å². The summed E-state index contributed by atoms with van der Waals surface area (Å²) >= 11 is 0. The molecule has 0 bridgehead atoms. The molecule has 0 heterocycles. The molecule has 0 aliphatic rings. The summed E-state index contributed by atoms with van der Waals surface area (Å²) < 4.78 is 60.9. The second-order valence-corrected chi connectivity index (χ2v) is 26.1. The zero-order valence-electron chi connectivity index (χ0n) is 59.4. The van der Waals surface area contributed by atoms with Crippen LogP contribution in [0.3, 0.4) is 0 Å². The van der Waals surface area contributed by atoms with E-state index in [4.69, 9.17) is 32.3 Å². The summed E-state index contributed by atoms with van der Waals surface area (Å²) in [4.78, 5) is 58.5. The van der Waals surface area contributed by atoms with Crippen molar-refractivity contribution in [1.29, 1.82) is 0 Å². The largest absolute Gasteiger partial charge is 0.472 e. The predicted octanol–water partition coefficient (Wildman–Crippen LogP) is 20.6. The van der Waals surface area contributed by atoms with E-state index >= 15 is 0 Å². The molecule has 0 spiro atoms. The highest BCUT2D eigenvalue weighted by Crippen LogP contribution is 2.45. The number of phosphoric acid groups is 2. The van der Waals surface area contributed by atoms with Crippen molar-refractivity contribution in [3.05, 3.63) is 182 Å². The first-order chi connectivity index (χ1) is 47.2. The molecule has 0 rings (SSSR count). The fourth-order valence-electron chi connectivity index (χ4n) is 8.72. The number of rotatable bonds is 66.